The Labute approximate surface area is 91.9 Å². The van der Waals surface area contributed by atoms with E-state index in [1.54, 1.807) is 6.33 Å². The SMILES string of the molecule is CC(C)(C)CCNCCCc1ncn[nH]1. The van der Waals surface area contributed by atoms with Crippen LogP contribution in [-0.2, 0) is 6.42 Å². The molecule has 0 fully saturated rings. The maximum atomic E-state index is 4.08. The Kier molecular flexibility index (Phi) is 4.75. The van der Waals surface area contributed by atoms with Crippen molar-refractivity contribution in [2.24, 2.45) is 5.41 Å². The third kappa shape index (κ3) is 6.23. The molecule has 0 amide bonds. The Morgan fingerprint density at radius 1 is 1.33 bits per heavy atom. The van der Waals surface area contributed by atoms with Crippen LogP contribution in [0.1, 0.15) is 39.4 Å². The van der Waals surface area contributed by atoms with Gasteiger partial charge in [0.25, 0.3) is 0 Å². The molecule has 0 aliphatic heterocycles. The summed E-state index contributed by atoms with van der Waals surface area (Å²) in [6.07, 6.45) is 4.86. The Morgan fingerprint density at radius 3 is 2.73 bits per heavy atom. The molecule has 0 aliphatic rings. The molecule has 0 radical (unpaired) electrons. The molecule has 0 saturated carbocycles. The number of aryl methyl sites for hydroxylation is 1. The number of rotatable bonds is 6. The molecule has 0 aliphatic carbocycles. The van der Waals surface area contributed by atoms with E-state index < -0.39 is 0 Å². The van der Waals surface area contributed by atoms with Crippen LogP contribution in [0.2, 0.25) is 0 Å². The van der Waals surface area contributed by atoms with Crippen molar-refractivity contribution in [2.75, 3.05) is 13.1 Å². The summed E-state index contributed by atoms with van der Waals surface area (Å²) < 4.78 is 0. The van der Waals surface area contributed by atoms with Gasteiger partial charge in [-0.25, -0.2) is 4.98 Å². The molecule has 1 heterocycles. The molecule has 4 heteroatoms. The topological polar surface area (TPSA) is 53.6 Å². The lowest BCUT2D eigenvalue weighted by Gasteiger charge is -2.17. The third-order valence-corrected chi connectivity index (χ3v) is 2.28. The second kappa shape index (κ2) is 5.85. The van der Waals surface area contributed by atoms with Crippen LogP contribution in [0.5, 0.6) is 0 Å². The summed E-state index contributed by atoms with van der Waals surface area (Å²) >= 11 is 0. The van der Waals surface area contributed by atoms with Crippen molar-refractivity contribution in [3.63, 3.8) is 0 Å². The van der Waals surface area contributed by atoms with Gasteiger partial charge >= 0.3 is 0 Å². The average Bonchev–Trinajstić information content (AvgIpc) is 2.61. The molecular weight excluding hydrogens is 188 g/mol. The van der Waals surface area contributed by atoms with Crippen molar-refractivity contribution in [1.29, 1.82) is 0 Å². The summed E-state index contributed by atoms with van der Waals surface area (Å²) in [5, 5.41) is 10.1. The lowest BCUT2D eigenvalue weighted by Crippen LogP contribution is -2.21. The minimum atomic E-state index is 0.429. The molecule has 0 saturated heterocycles. The van der Waals surface area contributed by atoms with Gasteiger partial charge in [0.15, 0.2) is 0 Å². The lowest BCUT2D eigenvalue weighted by atomic mass is 9.92. The minimum absolute atomic E-state index is 0.429. The van der Waals surface area contributed by atoms with Gasteiger partial charge in [-0.3, -0.25) is 5.10 Å². The molecule has 2 N–H and O–H groups in total. The Hall–Kier alpha value is -0.900. The van der Waals surface area contributed by atoms with Crippen molar-refractivity contribution in [3.05, 3.63) is 12.2 Å². The van der Waals surface area contributed by atoms with Gasteiger partial charge in [-0.1, -0.05) is 20.8 Å². The largest absolute Gasteiger partial charge is 0.317 e. The Balaban J connectivity index is 1.94. The van der Waals surface area contributed by atoms with Gasteiger partial charge in [0.2, 0.25) is 0 Å². The summed E-state index contributed by atoms with van der Waals surface area (Å²) in [5.41, 5.74) is 0.429. The highest BCUT2D eigenvalue weighted by atomic mass is 15.2. The molecule has 4 nitrogen and oxygen atoms in total. The molecule has 0 bridgehead atoms. The van der Waals surface area contributed by atoms with Gasteiger partial charge in [-0.15, -0.1) is 0 Å². The predicted octanol–water partition coefficient (Wildman–Crippen LogP) is 1.76. The first-order chi connectivity index (χ1) is 7.08. The van der Waals surface area contributed by atoms with Crippen molar-refractivity contribution in [1.82, 2.24) is 20.5 Å². The molecular formula is C11H22N4. The van der Waals surface area contributed by atoms with Crippen LogP contribution < -0.4 is 5.32 Å². The average molecular weight is 210 g/mol. The summed E-state index contributed by atoms with van der Waals surface area (Å²) in [6.45, 7) is 8.95. The zero-order valence-electron chi connectivity index (χ0n) is 10.0. The normalized spacial score (nSPS) is 11.9. The van der Waals surface area contributed by atoms with E-state index in [1.807, 2.05) is 0 Å². The quantitative estimate of drug-likeness (QED) is 0.703. The summed E-state index contributed by atoms with van der Waals surface area (Å²) in [6, 6.07) is 0. The first kappa shape index (κ1) is 12.2. The van der Waals surface area contributed by atoms with E-state index in [1.165, 1.54) is 6.42 Å². The number of nitrogens with zero attached hydrogens (tertiary/aromatic N) is 2. The van der Waals surface area contributed by atoms with E-state index in [9.17, 15) is 0 Å². The number of nitrogens with one attached hydrogen (secondary N) is 2. The van der Waals surface area contributed by atoms with Crippen LogP contribution in [0, 0.1) is 5.41 Å². The zero-order valence-corrected chi connectivity index (χ0v) is 10.0. The molecule has 0 atom stereocenters. The standard InChI is InChI=1S/C11H22N4/c1-11(2,3)6-8-12-7-4-5-10-13-9-14-15-10/h9,12H,4-8H2,1-3H3,(H,13,14,15). The molecule has 15 heavy (non-hydrogen) atoms. The van der Waals surface area contributed by atoms with Gasteiger partial charge in [0.05, 0.1) is 0 Å². The summed E-state index contributed by atoms with van der Waals surface area (Å²) in [5.74, 6) is 0.979. The van der Waals surface area contributed by atoms with E-state index in [2.05, 4.69) is 41.3 Å². The van der Waals surface area contributed by atoms with Crippen LogP contribution in [-0.4, -0.2) is 28.3 Å². The Morgan fingerprint density at radius 2 is 2.13 bits per heavy atom. The molecule has 0 aromatic carbocycles. The smallest absolute Gasteiger partial charge is 0.137 e. The van der Waals surface area contributed by atoms with Crippen LogP contribution >= 0.6 is 0 Å². The highest BCUT2D eigenvalue weighted by Crippen LogP contribution is 2.16. The van der Waals surface area contributed by atoms with E-state index in [0.29, 0.717) is 5.41 Å². The second-order valence-corrected chi connectivity index (χ2v) is 5.10. The van der Waals surface area contributed by atoms with Crippen LogP contribution in [0.4, 0.5) is 0 Å². The number of hydrogen-bond acceptors (Lipinski definition) is 3. The van der Waals surface area contributed by atoms with Gasteiger partial charge in [0.1, 0.15) is 12.2 Å². The first-order valence-electron chi connectivity index (χ1n) is 5.63. The molecule has 1 aromatic rings. The number of H-pyrrole nitrogens is 1. The highest BCUT2D eigenvalue weighted by molar-refractivity contribution is 4.79. The van der Waals surface area contributed by atoms with Crippen molar-refractivity contribution < 1.29 is 0 Å². The number of aromatic amines is 1. The lowest BCUT2D eigenvalue weighted by molar-refractivity contribution is 0.366. The van der Waals surface area contributed by atoms with Crippen molar-refractivity contribution in [2.45, 2.75) is 40.0 Å². The zero-order chi connectivity index (χ0) is 11.1. The van der Waals surface area contributed by atoms with Crippen LogP contribution in [0.25, 0.3) is 0 Å². The molecule has 1 rings (SSSR count). The maximum absolute atomic E-state index is 4.08. The van der Waals surface area contributed by atoms with Crippen LogP contribution in [0.3, 0.4) is 0 Å². The highest BCUT2D eigenvalue weighted by Gasteiger charge is 2.08. The van der Waals surface area contributed by atoms with E-state index in [4.69, 9.17) is 0 Å². The van der Waals surface area contributed by atoms with Gasteiger partial charge in [-0.2, -0.15) is 5.10 Å². The summed E-state index contributed by atoms with van der Waals surface area (Å²) in [7, 11) is 0. The van der Waals surface area contributed by atoms with Gasteiger partial charge in [0, 0.05) is 6.42 Å². The predicted molar refractivity (Wildman–Crippen MR) is 61.6 cm³/mol. The fourth-order valence-electron chi connectivity index (χ4n) is 1.32. The van der Waals surface area contributed by atoms with Crippen molar-refractivity contribution >= 4 is 0 Å². The van der Waals surface area contributed by atoms with Gasteiger partial charge in [-0.05, 0) is 31.3 Å². The molecule has 86 valence electrons. The minimum Gasteiger partial charge on any atom is -0.317 e. The molecule has 0 spiro atoms. The maximum Gasteiger partial charge on any atom is 0.137 e. The van der Waals surface area contributed by atoms with Crippen molar-refractivity contribution in [3.8, 4) is 0 Å². The third-order valence-electron chi connectivity index (χ3n) is 2.28. The summed E-state index contributed by atoms with van der Waals surface area (Å²) in [4.78, 5) is 4.08. The van der Waals surface area contributed by atoms with Gasteiger partial charge < -0.3 is 5.32 Å². The monoisotopic (exact) mass is 210 g/mol. The number of hydrogen-bond donors (Lipinski definition) is 2. The fourth-order valence-corrected chi connectivity index (χ4v) is 1.32. The second-order valence-electron chi connectivity index (χ2n) is 5.10. The first-order valence-corrected chi connectivity index (χ1v) is 5.63. The van der Waals surface area contributed by atoms with Crippen LogP contribution in [0.15, 0.2) is 6.33 Å². The fraction of sp³-hybridized carbons (Fsp3) is 0.818. The molecule has 0 unspecified atom stereocenters. The Bertz CT molecular complexity index is 248. The van der Waals surface area contributed by atoms with E-state index in [0.717, 1.165) is 31.8 Å². The van der Waals surface area contributed by atoms with E-state index >= 15 is 0 Å². The number of aromatic nitrogens is 3. The van der Waals surface area contributed by atoms with E-state index in [-0.39, 0.29) is 0 Å². The molecule has 1 aromatic heterocycles.